The van der Waals surface area contributed by atoms with Gasteiger partial charge in [-0.2, -0.15) is 5.26 Å². The minimum absolute atomic E-state index is 0.184. The lowest BCUT2D eigenvalue weighted by Crippen LogP contribution is -2.00. The Morgan fingerprint density at radius 2 is 2.06 bits per heavy atom. The van der Waals surface area contributed by atoms with Gasteiger partial charge in [0.25, 0.3) is 0 Å². The quantitative estimate of drug-likeness (QED) is 0.827. The molecule has 2 rings (SSSR count). The van der Waals surface area contributed by atoms with Gasteiger partial charge >= 0.3 is 0 Å². The van der Waals surface area contributed by atoms with Gasteiger partial charge in [0.05, 0.1) is 6.07 Å². The number of aromatic nitrogens is 1. The predicted octanol–water partition coefficient (Wildman–Crippen LogP) is 2.95. The number of aromatic amines is 1. The second kappa shape index (κ2) is 4.15. The van der Waals surface area contributed by atoms with E-state index in [1.54, 1.807) is 18.5 Å². The molecule has 0 spiro atoms. The Hall–Kier alpha value is -2.15. The minimum Gasteiger partial charge on any atom is -0.367 e. The highest BCUT2D eigenvalue weighted by molar-refractivity contribution is 5.37. The maximum atomic E-state index is 13.5. The van der Waals surface area contributed by atoms with Crippen molar-refractivity contribution in [1.82, 2.24) is 4.98 Å². The summed E-state index contributed by atoms with van der Waals surface area (Å²) >= 11 is 0. The lowest BCUT2D eigenvalue weighted by atomic mass is 9.94. The van der Waals surface area contributed by atoms with Crippen molar-refractivity contribution in [1.29, 1.82) is 5.26 Å². The topological polar surface area (TPSA) is 39.6 Å². The van der Waals surface area contributed by atoms with E-state index in [0.717, 1.165) is 12.1 Å². The van der Waals surface area contributed by atoms with Gasteiger partial charge in [0.2, 0.25) is 0 Å². The molecule has 0 radical (unpaired) electrons. The molecule has 1 atom stereocenters. The van der Waals surface area contributed by atoms with E-state index in [1.165, 1.54) is 6.07 Å². The molecule has 1 aromatic carbocycles. The van der Waals surface area contributed by atoms with E-state index in [1.807, 2.05) is 6.07 Å². The lowest BCUT2D eigenvalue weighted by molar-refractivity contribution is 0.571. The number of nitriles is 1. The molecule has 0 fully saturated rings. The van der Waals surface area contributed by atoms with Crippen molar-refractivity contribution in [2.75, 3.05) is 0 Å². The third-order valence-electron chi connectivity index (χ3n) is 2.36. The number of halogens is 2. The molecule has 1 unspecified atom stereocenters. The van der Waals surface area contributed by atoms with Crippen LogP contribution in [0.25, 0.3) is 0 Å². The molecule has 2 nitrogen and oxygen atoms in total. The first-order chi connectivity index (χ1) is 7.72. The first kappa shape index (κ1) is 10.4. The molecule has 1 aromatic heterocycles. The Labute approximate surface area is 91.2 Å². The van der Waals surface area contributed by atoms with Gasteiger partial charge in [0.15, 0.2) is 0 Å². The van der Waals surface area contributed by atoms with Crippen LogP contribution in [0.15, 0.2) is 36.7 Å². The maximum absolute atomic E-state index is 13.5. The summed E-state index contributed by atoms with van der Waals surface area (Å²) in [5.41, 5.74) is 0.844. The van der Waals surface area contributed by atoms with Crippen molar-refractivity contribution < 1.29 is 8.78 Å². The SMILES string of the molecule is N#CC(c1cc[nH]c1)c1ccc(F)cc1F. The standard InChI is InChI=1S/C12H8F2N2/c13-9-1-2-10(12(14)5-9)11(6-15)8-3-4-16-7-8/h1-5,7,11,16H. The minimum atomic E-state index is -0.716. The van der Waals surface area contributed by atoms with E-state index in [4.69, 9.17) is 5.26 Å². The molecule has 16 heavy (non-hydrogen) atoms. The van der Waals surface area contributed by atoms with Crippen molar-refractivity contribution in [2.45, 2.75) is 5.92 Å². The van der Waals surface area contributed by atoms with Crippen LogP contribution in [0.5, 0.6) is 0 Å². The Bertz CT molecular complexity index is 526. The predicted molar refractivity (Wildman–Crippen MR) is 54.6 cm³/mol. The monoisotopic (exact) mass is 218 g/mol. The molecule has 80 valence electrons. The fraction of sp³-hybridized carbons (Fsp3) is 0.0833. The molecule has 1 N–H and O–H groups in total. The summed E-state index contributed by atoms with van der Waals surface area (Å²) in [6.07, 6.45) is 3.28. The van der Waals surface area contributed by atoms with Gasteiger partial charge in [-0.05, 0) is 17.7 Å². The van der Waals surface area contributed by atoms with Gasteiger partial charge < -0.3 is 4.98 Å². The van der Waals surface area contributed by atoms with Crippen LogP contribution in [0.4, 0.5) is 8.78 Å². The number of H-pyrrole nitrogens is 1. The number of hydrogen-bond acceptors (Lipinski definition) is 1. The number of rotatable bonds is 2. The molecule has 0 aliphatic rings. The van der Waals surface area contributed by atoms with E-state index in [-0.39, 0.29) is 5.56 Å². The summed E-state index contributed by atoms with van der Waals surface area (Å²) in [7, 11) is 0. The van der Waals surface area contributed by atoms with Gasteiger partial charge in [-0.15, -0.1) is 0 Å². The van der Waals surface area contributed by atoms with Crippen LogP contribution >= 0.6 is 0 Å². The van der Waals surface area contributed by atoms with Gasteiger partial charge in [-0.25, -0.2) is 8.78 Å². The largest absolute Gasteiger partial charge is 0.367 e. The van der Waals surface area contributed by atoms with E-state index < -0.39 is 17.6 Å². The summed E-state index contributed by atoms with van der Waals surface area (Å²) in [5.74, 6) is -2.06. The van der Waals surface area contributed by atoms with Crippen LogP contribution < -0.4 is 0 Å². The summed E-state index contributed by atoms with van der Waals surface area (Å²) in [6, 6.07) is 6.92. The van der Waals surface area contributed by atoms with Crippen LogP contribution in [0.2, 0.25) is 0 Å². The first-order valence-electron chi connectivity index (χ1n) is 4.69. The Morgan fingerprint density at radius 3 is 2.62 bits per heavy atom. The lowest BCUT2D eigenvalue weighted by Gasteiger charge is -2.08. The van der Waals surface area contributed by atoms with Crippen LogP contribution in [0, 0.1) is 23.0 Å². The summed E-state index contributed by atoms with van der Waals surface area (Å²) in [6.45, 7) is 0. The van der Waals surface area contributed by atoms with E-state index >= 15 is 0 Å². The van der Waals surface area contributed by atoms with Gasteiger partial charge in [-0.3, -0.25) is 0 Å². The van der Waals surface area contributed by atoms with Crippen LogP contribution in [-0.4, -0.2) is 4.98 Å². The van der Waals surface area contributed by atoms with Crippen molar-refractivity contribution in [3.63, 3.8) is 0 Å². The molecule has 1 heterocycles. The Kier molecular flexibility index (Phi) is 2.69. The number of hydrogen-bond donors (Lipinski definition) is 1. The zero-order chi connectivity index (χ0) is 11.5. The van der Waals surface area contributed by atoms with E-state index in [2.05, 4.69) is 4.98 Å². The summed E-state index contributed by atoms with van der Waals surface area (Å²) in [5, 5.41) is 9.02. The third kappa shape index (κ3) is 1.80. The molecule has 0 aliphatic heterocycles. The van der Waals surface area contributed by atoms with Crippen molar-refractivity contribution in [2.24, 2.45) is 0 Å². The fourth-order valence-corrected chi connectivity index (χ4v) is 1.58. The average molecular weight is 218 g/mol. The zero-order valence-corrected chi connectivity index (χ0v) is 8.24. The molecule has 0 amide bonds. The van der Waals surface area contributed by atoms with Crippen molar-refractivity contribution in [3.8, 4) is 6.07 Å². The molecule has 4 heteroatoms. The fourth-order valence-electron chi connectivity index (χ4n) is 1.58. The average Bonchev–Trinajstić information content (AvgIpc) is 2.75. The van der Waals surface area contributed by atoms with E-state index in [0.29, 0.717) is 5.56 Å². The Morgan fingerprint density at radius 1 is 1.25 bits per heavy atom. The second-order valence-electron chi connectivity index (χ2n) is 3.37. The highest BCUT2D eigenvalue weighted by atomic mass is 19.1. The van der Waals surface area contributed by atoms with Gasteiger partial charge in [0.1, 0.15) is 17.6 Å². The molecule has 2 aromatic rings. The molecule has 0 saturated heterocycles. The second-order valence-corrected chi connectivity index (χ2v) is 3.37. The molecule has 0 aliphatic carbocycles. The Balaban J connectivity index is 2.46. The smallest absolute Gasteiger partial charge is 0.130 e. The normalized spacial score (nSPS) is 12.1. The number of nitrogens with zero attached hydrogens (tertiary/aromatic N) is 1. The first-order valence-corrected chi connectivity index (χ1v) is 4.69. The maximum Gasteiger partial charge on any atom is 0.130 e. The molecular weight excluding hydrogens is 210 g/mol. The molecule has 0 bridgehead atoms. The summed E-state index contributed by atoms with van der Waals surface area (Å²) < 4.78 is 26.2. The highest BCUT2D eigenvalue weighted by Crippen LogP contribution is 2.26. The molecule has 0 saturated carbocycles. The molecular formula is C12H8F2N2. The van der Waals surface area contributed by atoms with Crippen molar-refractivity contribution >= 4 is 0 Å². The third-order valence-corrected chi connectivity index (χ3v) is 2.36. The van der Waals surface area contributed by atoms with Gasteiger partial charge in [-0.1, -0.05) is 6.07 Å². The number of nitrogens with one attached hydrogen (secondary N) is 1. The number of benzene rings is 1. The highest BCUT2D eigenvalue weighted by Gasteiger charge is 2.18. The zero-order valence-electron chi connectivity index (χ0n) is 8.24. The van der Waals surface area contributed by atoms with Crippen LogP contribution in [0.3, 0.4) is 0 Å². The van der Waals surface area contributed by atoms with Crippen LogP contribution in [-0.2, 0) is 0 Å². The summed E-state index contributed by atoms with van der Waals surface area (Å²) in [4.78, 5) is 2.80. The van der Waals surface area contributed by atoms with Crippen molar-refractivity contribution in [3.05, 3.63) is 59.4 Å². The van der Waals surface area contributed by atoms with E-state index in [9.17, 15) is 8.78 Å². The van der Waals surface area contributed by atoms with Crippen LogP contribution in [0.1, 0.15) is 17.0 Å². The van der Waals surface area contributed by atoms with Gasteiger partial charge in [0, 0.05) is 24.0 Å².